The number of ether oxygens (including phenoxy) is 2. The summed E-state index contributed by atoms with van der Waals surface area (Å²) in [7, 11) is -2.17. The van der Waals surface area contributed by atoms with E-state index < -0.39 is 15.9 Å². The molecule has 0 spiro atoms. The van der Waals surface area contributed by atoms with Crippen molar-refractivity contribution in [2.24, 2.45) is 0 Å². The summed E-state index contributed by atoms with van der Waals surface area (Å²) < 4.78 is 38.0. The van der Waals surface area contributed by atoms with Gasteiger partial charge >= 0.3 is 0 Å². The Labute approximate surface area is 175 Å². The predicted molar refractivity (Wildman–Crippen MR) is 111 cm³/mol. The molecule has 0 bridgehead atoms. The Morgan fingerprint density at radius 3 is 2.45 bits per heavy atom. The second-order valence-electron chi connectivity index (χ2n) is 6.62. The number of rotatable bonds is 7. The molecule has 0 unspecified atom stereocenters. The summed E-state index contributed by atoms with van der Waals surface area (Å²) in [4.78, 5) is 12.4. The van der Waals surface area contributed by atoms with Gasteiger partial charge < -0.3 is 14.8 Å². The molecule has 0 aliphatic carbocycles. The molecule has 1 aliphatic heterocycles. The van der Waals surface area contributed by atoms with Crippen molar-refractivity contribution in [1.82, 2.24) is 4.31 Å². The van der Waals surface area contributed by atoms with Crippen molar-refractivity contribution in [2.45, 2.75) is 24.2 Å². The molecule has 0 radical (unpaired) electrons. The third kappa shape index (κ3) is 5.41. The highest BCUT2D eigenvalue weighted by atomic mass is 35.5. The third-order valence-electron chi connectivity index (χ3n) is 4.58. The van der Waals surface area contributed by atoms with Crippen LogP contribution in [0.15, 0.2) is 47.4 Å². The Hall–Kier alpha value is -2.29. The van der Waals surface area contributed by atoms with Crippen LogP contribution in [0.25, 0.3) is 0 Å². The van der Waals surface area contributed by atoms with E-state index >= 15 is 0 Å². The van der Waals surface area contributed by atoms with Crippen molar-refractivity contribution in [3.8, 4) is 11.5 Å². The first-order valence-corrected chi connectivity index (χ1v) is 11.1. The van der Waals surface area contributed by atoms with Crippen LogP contribution in [-0.2, 0) is 14.8 Å². The van der Waals surface area contributed by atoms with E-state index in [0.717, 1.165) is 19.3 Å². The van der Waals surface area contributed by atoms with Crippen LogP contribution in [-0.4, -0.2) is 45.4 Å². The number of nitrogens with zero attached hydrogens (tertiary/aromatic N) is 1. The Morgan fingerprint density at radius 1 is 1.10 bits per heavy atom. The first-order valence-electron chi connectivity index (χ1n) is 9.26. The highest BCUT2D eigenvalue weighted by molar-refractivity contribution is 7.89. The summed E-state index contributed by atoms with van der Waals surface area (Å²) >= 11 is 5.82. The molecule has 29 heavy (non-hydrogen) atoms. The van der Waals surface area contributed by atoms with E-state index in [4.69, 9.17) is 21.1 Å². The number of carbonyl (C=O) groups excluding carboxylic acids is 1. The number of piperidine rings is 1. The molecule has 0 atom stereocenters. The van der Waals surface area contributed by atoms with Crippen LogP contribution in [0.4, 0.5) is 5.69 Å². The summed E-state index contributed by atoms with van der Waals surface area (Å²) in [6.45, 7) is 0.768. The van der Waals surface area contributed by atoms with Crippen LogP contribution in [0.2, 0.25) is 5.02 Å². The minimum Gasteiger partial charge on any atom is -0.495 e. The molecule has 1 saturated heterocycles. The monoisotopic (exact) mass is 438 g/mol. The molecule has 1 aliphatic rings. The number of methoxy groups -OCH3 is 1. The van der Waals surface area contributed by atoms with E-state index in [9.17, 15) is 13.2 Å². The number of hydrogen-bond donors (Lipinski definition) is 1. The summed E-state index contributed by atoms with van der Waals surface area (Å²) in [5.41, 5.74) is 0.273. The van der Waals surface area contributed by atoms with Gasteiger partial charge in [0, 0.05) is 18.1 Å². The zero-order chi connectivity index (χ0) is 20.9. The van der Waals surface area contributed by atoms with Gasteiger partial charge in [0.1, 0.15) is 11.5 Å². The summed E-state index contributed by atoms with van der Waals surface area (Å²) in [5, 5.41) is 3.23. The van der Waals surface area contributed by atoms with Crippen molar-refractivity contribution in [2.75, 3.05) is 32.1 Å². The number of benzene rings is 2. The average molecular weight is 439 g/mol. The van der Waals surface area contributed by atoms with Crippen LogP contribution in [0.5, 0.6) is 11.5 Å². The second-order valence-corrected chi connectivity index (χ2v) is 8.99. The van der Waals surface area contributed by atoms with Crippen LogP contribution >= 0.6 is 11.6 Å². The Balaban J connectivity index is 1.72. The molecule has 9 heteroatoms. The van der Waals surface area contributed by atoms with Crippen molar-refractivity contribution in [3.05, 3.63) is 47.5 Å². The second kappa shape index (κ2) is 9.47. The summed E-state index contributed by atoms with van der Waals surface area (Å²) in [6, 6.07) is 11.1. The molecule has 1 N–H and O–H groups in total. The molecule has 2 aromatic carbocycles. The molecule has 1 amide bonds. The third-order valence-corrected chi connectivity index (χ3v) is 6.73. The van der Waals surface area contributed by atoms with Crippen LogP contribution < -0.4 is 14.8 Å². The van der Waals surface area contributed by atoms with E-state index in [0.29, 0.717) is 29.6 Å². The highest BCUT2D eigenvalue weighted by Gasteiger charge is 2.27. The fraction of sp³-hybridized carbons (Fsp3) is 0.350. The molecule has 1 fully saturated rings. The maximum atomic E-state index is 12.9. The first-order chi connectivity index (χ1) is 13.9. The number of nitrogens with one attached hydrogen (secondary N) is 1. The number of sulfonamides is 1. The highest BCUT2D eigenvalue weighted by Crippen LogP contribution is 2.30. The predicted octanol–water partition coefficient (Wildman–Crippen LogP) is 3.54. The lowest BCUT2D eigenvalue weighted by molar-refractivity contribution is -0.118. The lowest BCUT2D eigenvalue weighted by Crippen LogP contribution is -2.35. The Bertz CT molecular complexity index is 957. The lowest BCUT2D eigenvalue weighted by atomic mass is 10.2. The van der Waals surface area contributed by atoms with E-state index in [1.54, 1.807) is 24.3 Å². The van der Waals surface area contributed by atoms with Gasteiger partial charge in [-0.05, 0) is 55.3 Å². The zero-order valence-corrected chi connectivity index (χ0v) is 17.6. The fourth-order valence-electron chi connectivity index (χ4n) is 3.07. The van der Waals surface area contributed by atoms with Crippen molar-refractivity contribution in [3.63, 3.8) is 0 Å². The van der Waals surface area contributed by atoms with Gasteiger partial charge in [0.05, 0.1) is 17.7 Å². The fourth-order valence-corrected chi connectivity index (χ4v) is 4.74. The number of carbonyl (C=O) groups is 1. The summed E-state index contributed by atoms with van der Waals surface area (Å²) in [5.74, 6) is 0.422. The van der Waals surface area contributed by atoms with Crippen LogP contribution in [0, 0.1) is 0 Å². The Morgan fingerprint density at radius 2 is 1.79 bits per heavy atom. The first kappa shape index (κ1) is 21.4. The number of amides is 1. The van der Waals surface area contributed by atoms with E-state index in [-0.39, 0.29) is 17.2 Å². The van der Waals surface area contributed by atoms with Crippen molar-refractivity contribution >= 4 is 33.2 Å². The smallest absolute Gasteiger partial charge is 0.262 e. The molecule has 7 nitrogen and oxygen atoms in total. The van der Waals surface area contributed by atoms with Gasteiger partial charge in [-0.1, -0.05) is 18.0 Å². The quantitative estimate of drug-likeness (QED) is 0.714. The minimum absolute atomic E-state index is 0.120. The normalized spacial score (nSPS) is 15.0. The largest absolute Gasteiger partial charge is 0.495 e. The van der Waals surface area contributed by atoms with Crippen LogP contribution in [0.3, 0.4) is 0 Å². The van der Waals surface area contributed by atoms with Gasteiger partial charge in [0.15, 0.2) is 6.61 Å². The molecule has 1 heterocycles. The van der Waals surface area contributed by atoms with E-state index in [2.05, 4.69) is 5.32 Å². The Kier molecular flexibility index (Phi) is 7.00. The lowest BCUT2D eigenvalue weighted by Gasteiger charge is -2.26. The van der Waals surface area contributed by atoms with E-state index in [1.165, 1.54) is 29.6 Å². The average Bonchev–Trinajstić information content (AvgIpc) is 2.74. The van der Waals surface area contributed by atoms with Crippen molar-refractivity contribution < 1.29 is 22.7 Å². The maximum absolute atomic E-state index is 12.9. The summed E-state index contributed by atoms with van der Waals surface area (Å²) in [6.07, 6.45) is 2.73. The molecule has 0 saturated carbocycles. The van der Waals surface area contributed by atoms with Gasteiger partial charge in [0.25, 0.3) is 5.91 Å². The topological polar surface area (TPSA) is 84.9 Å². The van der Waals surface area contributed by atoms with Gasteiger partial charge in [-0.3, -0.25) is 4.79 Å². The number of hydrogen-bond acceptors (Lipinski definition) is 5. The van der Waals surface area contributed by atoms with E-state index in [1.807, 2.05) is 0 Å². The van der Waals surface area contributed by atoms with Gasteiger partial charge in [-0.15, -0.1) is 0 Å². The van der Waals surface area contributed by atoms with Gasteiger partial charge in [-0.2, -0.15) is 4.31 Å². The zero-order valence-electron chi connectivity index (χ0n) is 16.1. The minimum atomic E-state index is -3.62. The standard InChI is InChI=1S/C20H23ClN2O5S/c1-27-19-10-9-17(29(25,26)23-11-3-2-4-12-23)13-18(19)22-20(24)14-28-16-7-5-15(21)6-8-16/h5-10,13H,2-4,11-12,14H2,1H3,(H,22,24). The molecule has 0 aromatic heterocycles. The maximum Gasteiger partial charge on any atom is 0.262 e. The van der Waals surface area contributed by atoms with Crippen LogP contribution in [0.1, 0.15) is 19.3 Å². The molecular formula is C20H23ClN2O5S. The molecule has 2 aromatic rings. The van der Waals surface area contributed by atoms with Gasteiger partial charge in [-0.25, -0.2) is 8.42 Å². The van der Waals surface area contributed by atoms with Gasteiger partial charge in [0.2, 0.25) is 10.0 Å². The molecule has 156 valence electrons. The SMILES string of the molecule is COc1ccc(S(=O)(=O)N2CCCCC2)cc1NC(=O)COc1ccc(Cl)cc1. The molecular weight excluding hydrogens is 416 g/mol. The number of anilines is 1. The number of halogens is 1. The van der Waals surface area contributed by atoms with Crippen molar-refractivity contribution in [1.29, 1.82) is 0 Å². The molecule has 3 rings (SSSR count).